The van der Waals surface area contributed by atoms with Gasteiger partial charge in [0.1, 0.15) is 16.8 Å². The molecule has 232 valence electrons. The van der Waals surface area contributed by atoms with Gasteiger partial charge in [-0.05, 0) is 80.9 Å². The van der Waals surface area contributed by atoms with Crippen molar-refractivity contribution in [1.82, 2.24) is 19.4 Å². The second-order valence-electron chi connectivity index (χ2n) is 11.6. The lowest BCUT2D eigenvalue weighted by Crippen LogP contribution is -2.69. The lowest BCUT2D eigenvalue weighted by Gasteiger charge is -2.43. The Morgan fingerprint density at radius 1 is 1.07 bits per heavy atom. The molecule has 2 N–H and O–H groups in total. The lowest BCUT2D eigenvalue weighted by molar-refractivity contribution is 0.0459. The first-order valence-electron chi connectivity index (χ1n) is 14.8. The average molecular weight is 642 g/mol. The molecule has 3 aromatic carbocycles. The Labute approximate surface area is 261 Å². The van der Waals surface area contributed by atoms with Crippen LogP contribution >= 0.6 is 11.6 Å². The smallest absolute Gasteiger partial charge is 0.378 e. The number of ether oxygens (including phenoxy) is 1. The number of benzene rings is 3. The van der Waals surface area contributed by atoms with E-state index in [-0.39, 0.29) is 30.4 Å². The van der Waals surface area contributed by atoms with Crippen molar-refractivity contribution < 1.29 is 27.1 Å². The number of amides is 3. The number of hydrogen-bond donors (Lipinski definition) is 2. The molecule has 2 atom stereocenters. The molecule has 2 unspecified atom stereocenters. The molecule has 12 heteroatoms. The van der Waals surface area contributed by atoms with Gasteiger partial charge in [-0.25, -0.2) is 9.18 Å². The molecule has 6 rings (SSSR count). The van der Waals surface area contributed by atoms with Crippen molar-refractivity contribution in [2.24, 2.45) is 0 Å². The van der Waals surface area contributed by atoms with E-state index < -0.39 is 37.2 Å². The third kappa shape index (κ3) is 4.82. The predicted octanol–water partition coefficient (Wildman–Crippen LogP) is 4.58. The summed E-state index contributed by atoms with van der Waals surface area (Å²) in [7, 11) is -4.48. The molecular formula is C32H35ClFN4O5S+. The first-order valence-corrected chi connectivity index (χ1v) is 16.6. The summed E-state index contributed by atoms with van der Waals surface area (Å²) in [6.45, 7) is 4.36. The maximum absolute atomic E-state index is 14.9. The van der Waals surface area contributed by atoms with E-state index in [2.05, 4.69) is 10.6 Å². The van der Waals surface area contributed by atoms with Crippen molar-refractivity contribution in [3.05, 3.63) is 94.3 Å². The number of urea groups is 1. The van der Waals surface area contributed by atoms with Gasteiger partial charge in [0.25, 0.3) is 5.91 Å². The number of morpholine rings is 1. The number of sulfonamides is 1. The molecule has 44 heavy (non-hydrogen) atoms. The van der Waals surface area contributed by atoms with Crippen molar-refractivity contribution >= 4 is 39.2 Å². The highest BCUT2D eigenvalue weighted by molar-refractivity contribution is 7.91. The quantitative estimate of drug-likeness (QED) is 0.396. The molecule has 3 aromatic rings. The normalized spacial score (nSPS) is 22.9. The van der Waals surface area contributed by atoms with E-state index in [1.54, 1.807) is 29.2 Å². The SMILES string of the molecule is CC1C2(CCNCC2)c2cc(C(=O)NCc3ccccc3Cl)ccc2[N+]1(C(=O)N1CCOCC1)S(=O)(=O)c1ccc(F)cc1. The van der Waals surface area contributed by atoms with Crippen LogP contribution in [-0.2, 0) is 26.7 Å². The van der Waals surface area contributed by atoms with Gasteiger partial charge in [0.15, 0.2) is 5.69 Å². The highest BCUT2D eigenvalue weighted by atomic mass is 35.5. The summed E-state index contributed by atoms with van der Waals surface area (Å²) in [5, 5.41) is 6.83. The van der Waals surface area contributed by atoms with E-state index in [1.807, 2.05) is 25.1 Å². The van der Waals surface area contributed by atoms with Crippen LogP contribution in [0.4, 0.5) is 14.9 Å². The minimum Gasteiger partial charge on any atom is -0.378 e. The van der Waals surface area contributed by atoms with E-state index in [1.165, 1.54) is 12.1 Å². The van der Waals surface area contributed by atoms with Crippen LogP contribution in [0.1, 0.15) is 41.3 Å². The third-order valence-corrected chi connectivity index (χ3v) is 12.1. The van der Waals surface area contributed by atoms with Crippen molar-refractivity contribution in [1.29, 1.82) is 0 Å². The number of rotatable bonds is 5. The Balaban J connectivity index is 1.51. The van der Waals surface area contributed by atoms with Crippen LogP contribution in [0.15, 0.2) is 71.6 Å². The fourth-order valence-corrected chi connectivity index (χ4v) is 9.45. The second kappa shape index (κ2) is 11.9. The van der Waals surface area contributed by atoms with Gasteiger partial charge in [0.05, 0.1) is 18.6 Å². The molecule has 0 bridgehead atoms. The maximum Gasteiger partial charge on any atom is 0.440 e. The molecule has 9 nitrogen and oxygen atoms in total. The molecule has 3 heterocycles. The fraction of sp³-hybridized carbons (Fsp3) is 0.375. The van der Waals surface area contributed by atoms with Crippen LogP contribution in [0, 0.1) is 5.82 Å². The molecule has 0 radical (unpaired) electrons. The number of halogens is 2. The first-order chi connectivity index (χ1) is 21.1. The number of nitrogens with zero attached hydrogens (tertiary/aromatic N) is 2. The Morgan fingerprint density at radius 3 is 2.43 bits per heavy atom. The topological polar surface area (TPSA) is 105 Å². The number of quaternary nitrogens is 1. The number of nitrogens with one attached hydrogen (secondary N) is 2. The zero-order valence-corrected chi connectivity index (χ0v) is 26.0. The fourth-order valence-electron chi connectivity index (χ4n) is 7.07. The summed E-state index contributed by atoms with van der Waals surface area (Å²) in [6, 6.07) is 15.5. The van der Waals surface area contributed by atoms with Crippen molar-refractivity contribution in [3.63, 3.8) is 0 Å². The van der Waals surface area contributed by atoms with Crippen LogP contribution in [-0.4, -0.2) is 70.7 Å². The predicted molar refractivity (Wildman–Crippen MR) is 165 cm³/mol. The number of carbonyl (C=O) groups is 2. The molecule has 1 spiro atoms. The van der Waals surface area contributed by atoms with E-state index >= 15 is 0 Å². The van der Waals surface area contributed by atoms with Gasteiger partial charge in [-0.15, -0.1) is 0 Å². The summed E-state index contributed by atoms with van der Waals surface area (Å²) in [5.41, 5.74) is 1.39. The van der Waals surface area contributed by atoms with Gasteiger partial charge in [-0.3, -0.25) is 9.69 Å². The minimum atomic E-state index is -4.48. The molecular weight excluding hydrogens is 607 g/mol. The van der Waals surface area contributed by atoms with Crippen molar-refractivity contribution in [2.75, 3.05) is 39.4 Å². The zero-order valence-electron chi connectivity index (χ0n) is 24.4. The number of carbonyl (C=O) groups excluding carboxylic acids is 2. The second-order valence-corrected chi connectivity index (χ2v) is 14.0. The van der Waals surface area contributed by atoms with E-state index in [0.29, 0.717) is 61.0 Å². The number of piperidine rings is 1. The standard InChI is InChI=1S/C32H34ClFN4O5S/c1-22-32(12-14-35-15-13-32)27-20-23(30(39)36-21-24-4-2-3-5-28(24)33)6-11-29(27)38(22,31(40)37-16-18-43-19-17-37)44(41,42)26-9-7-25(34)8-10-26/h2-11,20,22,35H,12-19,21H2,1H3/p+1. The molecule has 3 aliphatic heterocycles. The number of hydrogen-bond acceptors (Lipinski definition) is 6. The monoisotopic (exact) mass is 641 g/mol. The summed E-state index contributed by atoms with van der Waals surface area (Å²) >= 11 is 6.29. The minimum absolute atomic E-state index is 0.147. The maximum atomic E-state index is 14.9. The van der Waals surface area contributed by atoms with E-state index in [9.17, 15) is 22.4 Å². The van der Waals surface area contributed by atoms with E-state index in [4.69, 9.17) is 16.3 Å². The van der Waals surface area contributed by atoms with Crippen LogP contribution < -0.4 is 14.5 Å². The Morgan fingerprint density at radius 2 is 1.75 bits per heavy atom. The zero-order chi connectivity index (χ0) is 31.1. The van der Waals surface area contributed by atoms with Crippen LogP contribution in [0.3, 0.4) is 0 Å². The van der Waals surface area contributed by atoms with Crippen LogP contribution in [0.5, 0.6) is 0 Å². The molecule has 2 fully saturated rings. The van der Waals surface area contributed by atoms with Gasteiger partial charge >= 0.3 is 16.1 Å². The molecule has 3 aliphatic rings. The summed E-state index contributed by atoms with van der Waals surface area (Å²) < 4.78 is 48.3. The van der Waals surface area contributed by atoms with Gasteiger partial charge in [0.2, 0.25) is 0 Å². The van der Waals surface area contributed by atoms with Crippen LogP contribution in [0.25, 0.3) is 0 Å². The molecule has 0 aliphatic carbocycles. The Hall–Kier alpha value is -3.35. The largest absolute Gasteiger partial charge is 0.440 e. The molecule has 2 saturated heterocycles. The first kappa shape index (κ1) is 30.7. The summed E-state index contributed by atoms with van der Waals surface area (Å²) in [5.74, 6) is -0.914. The van der Waals surface area contributed by atoms with Gasteiger partial charge < -0.3 is 15.4 Å². The lowest BCUT2D eigenvalue weighted by atomic mass is 9.70. The third-order valence-electron chi connectivity index (χ3n) is 9.45. The van der Waals surface area contributed by atoms with Crippen LogP contribution in [0.2, 0.25) is 5.02 Å². The highest BCUT2D eigenvalue weighted by Gasteiger charge is 2.70. The number of fused-ring (bicyclic) bond motifs is 2. The Bertz CT molecular complexity index is 1690. The van der Waals surface area contributed by atoms with Crippen molar-refractivity contribution in [2.45, 2.75) is 42.7 Å². The van der Waals surface area contributed by atoms with E-state index in [0.717, 1.165) is 17.7 Å². The summed E-state index contributed by atoms with van der Waals surface area (Å²) in [4.78, 5) is 29.7. The van der Waals surface area contributed by atoms with Gasteiger partial charge in [0, 0.05) is 41.9 Å². The summed E-state index contributed by atoms with van der Waals surface area (Å²) in [6.07, 6.45) is 1.14. The highest BCUT2D eigenvalue weighted by Crippen LogP contribution is 2.57. The average Bonchev–Trinajstić information content (AvgIpc) is 3.25. The van der Waals surface area contributed by atoms with Crippen molar-refractivity contribution in [3.8, 4) is 0 Å². The molecule has 3 amide bonds. The van der Waals surface area contributed by atoms with Gasteiger partial charge in [-0.2, -0.15) is 8.42 Å². The molecule has 0 saturated carbocycles. The van der Waals surface area contributed by atoms with Gasteiger partial charge in [-0.1, -0.05) is 33.7 Å². The molecule has 0 aromatic heterocycles. The Kier molecular flexibility index (Phi) is 8.27.